The van der Waals surface area contributed by atoms with E-state index in [-0.39, 0.29) is 24.4 Å². The molecule has 1 N–H and O–H groups in total. The van der Waals surface area contributed by atoms with Crippen LogP contribution in [0.3, 0.4) is 0 Å². The van der Waals surface area contributed by atoms with E-state index in [0.29, 0.717) is 0 Å². The van der Waals surface area contributed by atoms with Crippen LogP contribution in [0.1, 0.15) is 12.0 Å². The Bertz CT molecular complexity index is 656. The number of sulfonamides is 1. The van der Waals surface area contributed by atoms with E-state index in [1.54, 1.807) is 12.1 Å². The number of halogens is 3. The van der Waals surface area contributed by atoms with Crippen molar-refractivity contribution in [3.8, 4) is 0 Å². The maximum Gasteiger partial charge on any atom is 0.471 e. The minimum atomic E-state index is -4.97. The molecule has 1 heterocycles. The Labute approximate surface area is 126 Å². The third-order valence-corrected chi connectivity index (χ3v) is 5.28. The minimum absolute atomic E-state index is 0.0685. The van der Waals surface area contributed by atoms with E-state index in [2.05, 4.69) is 0 Å². The van der Waals surface area contributed by atoms with Crippen LogP contribution in [0.25, 0.3) is 0 Å². The molecule has 0 radical (unpaired) electrons. The molecule has 1 aromatic rings. The van der Waals surface area contributed by atoms with E-state index in [4.69, 9.17) is 0 Å². The summed E-state index contributed by atoms with van der Waals surface area (Å²) < 4.78 is 62.4. The molecule has 5 nitrogen and oxygen atoms in total. The normalized spacial score (nSPS) is 20.1. The summed E-state index contributed by atoms with van der Waals surface area (Å²) in [5, 5.41) is 1.81. The highest BCUT2D eigenvalue weighted by Gasteiger charge is 2.41. The Morgan fingerprint density at radius 3 is 2.41 bits per heavy atom. The van der Waals surface area contributed by atoms with Gasteiger partial charge in [0.1, 0.15) is 0 Å². The zero-order valence-corrected chi connectivity index (χ0v) is 12.5. The number of aryl methyl sites for hydroxylation is 1. The molecule has 0 aliphatic carbocycles. The van der Waals surface area contributed by atoms with Crippen molar-refractivity contribution in [2.24, 2.45) is 0 Å². The molecule has 1 saturated heterocycles. The smallest absolute Gasteiger partial charge is 0.344 e. The maximum atomic E-state index is 12.4. The highest BCUT2D eigenvalue weighted by Crippen LogP contribution is 2.22. The fraction of sp³-hybridized carbons (Fsp3) is 0.462. The van der Waals surface area contributed by atoms with Crippen LogP contribution in [0.15, 0.2) is 29.2 Å². The summed E-state index contributed by atoms with van der Waals surface area (Å²) in [5.41, 5.74) is 0.899. The molecule has 0 spiro atoms. The first-order chi connectivity index (χ1) is 10.1. The predicted octanol–water partition coefficient (Wildman–Crippen LogP) is 1.44. The molecule has 1 amide bonds. The van der Waals surface area contributed by atoms with Gasteiger partial charge in [-0.25, -0.2) is 8.42 Å². The third-order valence-electron chi connectivity index (χ3n) is 3.40. The first-order valence-electron chi connectivity index (χ1n) is 6.55. The first kappa shape index (κ1) is 16.8. The molecule has 1 aromatic carbocycles. The molecule has 1 unspecified atom stereocenters. The summed E-state index contributed by atoms with van der Waals surface area (Å²) in [4.78, 5) is 11.0. The molecule has 0 saturated carbocycles. The van der Waals surface area contributed by atoms with E-state index in [1.807, 2.05) is 12.2 Å². The lowest BCUT2D eigenvalue weighted by molar-refractivity contribution is -0.174. The standard InChI is InChI=1S/C13H15F3N2O3S/c1-9-2-4-11(5-3-9)22(20,21)18-7-6-10(8-18)17-12(19)13(14,15)16/h2-5,10H,6-8H2,1H3,(H,17,19). The quantitative estimate of drug-likeness (QED) is 0.908. The van der Waals surface area contributed by atoms with Crippen molar-refractivity contribution in [1.29, 1.82) is 0 Å². The Morgan fingerprint density at radius 1 is 1.27 bits per heavy atom. The number of rotatable bonds is 3. The van der Waals surface area contributed by atoms with Gasteiger partial charge in [-0.3, -0.25) is 4.79 Å². The second kappa shape index (κ2) is 5.88. The lowest BCUT2D eigenvalue weighted by Crippen LogP contribution is -2.44. The number of alkyl halides is 3. The number of carbonyl (C=O) groups is 1. The molecule has 1 fully saturated rings. The van der Waals surface area contributed by atoms with Crippen LogP contribution in [0.2, 0.25) is 0 Å². The molecule has 0 bridgehead atoms. The SMILES string of the molecule is Cc1ccc(S(=O)(=O)N2CCC(NC(=O)C(F)(F)F)C2)cc1. The molecule has 9 heteroatoms. The van der Waals surface area contributed by atoms with Crippen molar-refractivity contribution in [3.05, 3.63) is 29.8 Å². The van der Waals surface area contributed by atoms with Gasteiger partial charge in [0.05, 0.1) is 4.90 Å². The Hall–Kier alpha value is -1.61. The van der Waals surface area contributed by atoms with Crippen LogP contribution < -0.4 is 5.32 Å². The van der Waals surface area contributed by atoms with Crippen LogP contribution in [0.5, 0.6) is 0 Å². The van der Waals surface area contributed by atoms with E-state index >= 15 is 0 Å². The number of hydrogen-bond donors (Lipinski definition) is 1. The fourth-order valence-electron chi connectivity index (χ4n) is 2.19. The average Bonchev–Trinajstić information content (AvgIpc) is 2.87. The van der Waals surface area contributed by atoms with Crippen molar-refractivity contribution >= 4 is 15.9 Å². The largest absolute Gasteiger partial charge is 0.471 e. The molecular formula is C13H15F3N2O3S. The van der Waals surface area contributed by atoms with Gasteiger partial charge in [0.2, 0.25) is 10.0 Å². The molecular weight excluding hydrogens is 321 g/mol. The summed E-state index contributed by atoms with van der Waals surface area (Å²) in [6.07, 6.45) is -4.82. The molecule has 1 aliphatic heterocycles. The monoisotopic (exact) mass is 336 g/mol. The van der Waals surface area contributed by atoms with Gasteiger partial charge >= 0.3 is 12.1 Å². The van der Waals surface area contributed by atoms with Gasteiger partial charge in [-0.2, -0.15) is 17.5 Å². The summed E-state index contributed by atoms with van der Waals surface area (Å²) in [5.74, 6) is -2.05. The Morgan fingerprint density at radius 2 is 1.86 bits per heavy atom. The zero-order chi connectivity index (χ0) is 16.5. The van der Waals surface area contributed by atoms with Crippen LogP contribution in [0.4, 0.5) is 13.2 Å². The highest BCUT2D eigenvalue weighted by molar-refractivity contribution is 7.89. The molecule has 0 aromatic heterocycles. The van der Waals surface area contributed by atoms with Crippen molar-refractivity contribution in [3.63, 3.8) is 0 Å². The van der Waals surface area contributed by atoms with E-state index in [9.17, 15) is 26.4 Å². The molecule has 22 heavy (non-hydrogen) atoms. The predicted molar refractivity (Wildman–Crippen MR) is 72.5 cm³/mol. The Kier molecular flexibility index (Phi) is 4.48. The number of carbonyl (C=O) groups excluding carboxylic acids is 1. The second-order valence-corrected chi connectivity index (χ2v) is 7.07. The number of nitrogens with zero attached hydrogens (tertiary/aromatic N) is 1. The van der Waals surface area contributed by atoms with E-state index in [1.165, 1.54) is 12.1 Å². The molecule has 2 rings (SSSR count). The first-order valence-corrected chi connectivity index (χ1v) is 7.99. The molecule has 1 aliphatic rings. The van der Waals surface area contributed by atoms with Crippen LogP contribution in [-0.2, 0) is 14.8 Å². The highest BCUT2D eigenvalue weighted by atomic mass is 32.2. The van der Waals surface area contributed by atoms with Crippen molar-refractivity contribution in [1.82, 2.24) is 9.62 Å². The van der Waals surface area contributed by atoms with E-state index < -0.39 is 28.1 Å². The van der Waals surface area contributed by atoms with Gasteiger partial charge in [0, 0.05) is 19.1 Å². The van der Waals surface area contributed by atoms with Crippen molar-refractivity contribution < 1.29 is 26.4 Å². The average molecular weight is 336 g/mol. The van der Waals surface area contributed by atoms with Gasteiger partial charge in [0.25, 0.3) is 0 Å². The molecule has 1 atom stereocenters. The van der Waals surface area contributed by atoms with Crippen LogP contribution >= 0.6 is 0 Å². The van der Waals surface area contributed by atoms with Gasteiger partial charge in [-0.1, -0.05) is 17.7 Å². The Balaban J connectivity index is 2.06. The van der Waals surface area contributed by atoms with E-state index in [0.717, 1.165) is 9.87 Å². The maximum absolute atomic E-state index is 12.4. The number of amides is 1. The summed E-state index contributed by atoms with van der Waals surface area (Å²) >= 11 is 0. The second-order valence-electron chi connectivity index (χ2n) is 5.13. The van der Waals surface area contributed by atoms with Crippen LogP contribution in [0, 0.1) is 6.92 Å². The van der Waals surface area contributed by atoms with Crippen LogP contribution in [-0.4, -0.2) is 43.9 Å². The zero-order valence-electron chi connectivity index (χ0n) is 11.7. The van der Waals surface area contributed by atoms with Gasteiger partial charge in [0.15, 0.2) is 0 Å². The number of benzene rings is 1. The number of hydrogen-bond acceptors (Lipinski definition) is 3. The minimum Gasteiger partial charge on any atom is -0.344 e. The lowest BCUT2D eigenvalue weighted by atomic mass is 10.2. The van der Waals surface area contributed by atoms with Gasteiger partial charge < -0.3 is 5.32 Å². The van der Waals surface area contributed by atoms with Crippen molar-refractivity contribution in [2.45, 2.75) is 30.5 Å². The van der Waals surface area contributed by atoms with Crippen molar-refractivity contribution in [2.75, 3.05) is 13.1 Å². The summed E-state index contributed by atoms with van der Waals surface area (Å²) in [6.45, 7) is 1.71. The topological polar surface area (TPSA) is 66.5 Å². The fourth-order valence-corrected chi connectivity index (χ4v) is 3.69. The summed E-state index contributed by atoms with van der Waals surface area (Å²) in [7, 11) is -3.76. The van der Waals surface area contributed by atoms with Gasteiger partial charge in [-0.05, 0) is 25.5 Å². The summed E-state index contributed by atoms with van der Waals surface area (Å²) in [6, 6.07) is 5.35. The molecule has 122 valence electrons. The lowest BCUT2D eigenvalue weighted by Gasteiger charge is -2.17. The number of nitrogens with one attached hydrogen (secondary N) is 1. The third kappa shape index (κ3) is 3.58. The van der Waals surface area contributed by atoms with Gasteiger partial charge in [-0.15, -0.1) is 0 Å².